The van der Waals surface area contributed by atoms with Crippen LogP contribution >= 0.6 is 12.4 Å². The van der Waals surface area contributed by atoms with Crippen molar-refractivity contribution in [3.8, 4) is 11.1 Å². The van der Waals surface area contributed by atoms with Crippen LogP contribution in [0.4, 0.5) is 0 Å². The number of hydrogen-bond donors (Lipinski definition) is 2. The molecule has 0 spiro atoms. The van der Waals surface area contributed by atoms with Crippen LogP contribution in [0, 0.1) is 0 Å². The first-order valence-corrected chi connectivity index (χ1v) is 10.7. The maximum atomic E-state index is 12.2. The van der Waals surface area contributed by atoms with E-state index in [0.717, 1.165) is 24.1 Å². The normalized spacial score (nSPS) is 16.6. The Morgan fingerprint density at radius 1 is 1.07 bits per heavy atom. The average Bonchev–Trinajstić information content (AvgIpc) is 3.15. The summed E-state index contributed by atoms with van der Waals surface area (Å²) in [5, 5.41) is 6.38. The number of benzene rings is 2. The summed E-state index contributed by atoms with van der Waals surface area (Å²) in [6, 6.07) is 14.6. The molecule has 27 heavy (non-hydrogen) atoms. The summed E-state index contributed by atoms with van der Waals surface area (Å²) in [4.78, 5) is 12.5. The van der Waals surface area contributed by atoms with E-state index >= 15 is 0 Å². The molecule has 0 radical (unpaired) electrons. The van der Waals surface area contributed by atoms with Gasteiger partial charge in [0.15, 0.2) is 9.84 Å². The number of halogens is 1. The summed E-state index contributed by atoms with van der Waals surface area (Å²) >= 11 is 0. The van der Waals surface area contributed by atoms with Crippen molar-refractivity contribution in [2.75, 3.05) is 19.3 Å². The number of nitrogens with one attached hydrogen (secondary N) is 2. The van der Waals surface area contributed by atoms with Gasteiger partial charge in [-0.05, 0) is 61.2 Å². The van der Waals surface area contributed by atoms with Crippen LogP contribution in [0.2, 0.25) is 0 Å². The van der Waals surface area contributed by atoms with E-state index in [-0.39, 0.29) is 18.3 Å². The molecule has 1 atom stereocenters. The molecule has 1 aliphatic rings. The van der Waals surface area contributed by atoms with Crippen molar-refractivity contribution in [2.45, 2.75) is 30.2 Å². The van der Waals surface area contributed by atoms with Gasteiger partial charge in [-0.2, -0.15) is 0 Å². The highest BCUT2D eigenvalue weighted by molar-refractivity contribution is 7.90. The summed E-state index contributed by atoms with van der Waals surface area (Å²) < 4.78 is 23.0. The average molecular weight is 409 g/mol. The molecule has 1 aliphatic heterocycles. The molecule has 0 aliphatic carbocycles. The first kappa shape index (κ1) is 21.4. The summed E-state index contributed by atoms with van der Waals surface area (Å²) in [5.74, 6) is -0.0676. The fourth-order valence-corrected chi connectivity index (χ4v) is 3.80. The zero-order valence-electron chi connectivity index (χ0n) is 15.3. The van der Waals surface area contributed by atoms with Crippen LogP contribution in [0.5, 0.6) is 0 Å². The lowest BCUT2D eigenvalue weighted by molar-refractivity contribution is 0.0952. The number of carbonyl (C=O) groups excluding carboxylic acids is 1. The maximum Gasteiger partial charge on any atom is 0.251 e. The Morgan fingerprint density at radius 3 is 2.19 bits per heavy atom. The van der Waals surface area contributed by atoms with Gasteiger partial charge in [-0.25, -0.2) is 8.42 Å². The molecule has 1 heterocycles. The van der Waals surface area contributed by atoms with Crippen LogP contribution in [0.25, 0.3) is 11.1 Å². The van der Waals surface area contributed by atoms with Crippen LogP contribution < -0.4 is 10.6 Å². The highest BCUT2D eigenvalue weighted by Crippen LogP contribution is 2.22. The fourth-order valence-electron chi connectivity index (χ4n) is 3.17. The van der Waals surface area contributed by atoms with Crippen LogP contribution in [0.15, 0.2) is 53.4 Å². The first-order chi connectivity index (χ1) is 12.4. The minimum atomic E-state index is -3.19. The minimum absolute atomic E-state index is 0. The molecule has 2 aromatic rings. The second-order valence-corrected chi connectivity index (χ2v) is 8.73. The molecule has 0 saturated carbocycles. The molecule has 2 aromatic carbocycles. The number of sulfone groups is 1. The highest BCUT2D eigenvalue weighted by atomic mass is 35.5. The Kier molecular flexibility index (Phi) is 7.41. The molecule has 2 N–H and O–H groups in total. The van der Waals surface area contributed by atoms with Gasteiger partial charge in [-0.1, -0.05) is 24.3 Å². The second kappa shape index (κ2) is 9.35. The molecule has 146 valence electrons. The van der Waals surface area contributed by atoms with Gasteiger partial charge in [-0.3, -0.25) is 4.79 Å². The van der Waals surface area contributed by atoms with Gasteiger partial charge in [-0.15, -0.1) is 12.4 Å². The molecule has 0 unspecified atom stereocenters. The standard InChI is InChI=1S/C20H24N2O3S.ClH/c1-26(24,25)19-10-8-16(9-11-19)15-4-6-17(7-5-15)20(23)22-14-12-18-3-2-13-21-18;/h4-11,18,21H,2-3,12-14H2,1H3,(H,22,23);1H/t18-;/m1./s1. The van der Waals surface area contributed by atoms with Gasteiger partial charge in [0.25, 0.3) is 5.91 Å². The van der Waals surface area contributed by atoms with Gasteiger partial charge in [0, 0.05) is 24.4 Å². The van der Waals surface area contributed by atoms with E-state index in [2.05, 4.69) is 10.6 Å². The molecule has 1 amide bonds. The van der Waals surface area contributed by atoms with Crippen molar-refractivity contribution in [1.29, 1.82) is 0 Å². The predicted octanol–water partition coefficient (Wildman–Crippen LogP) is 3.05. The number of amides is 1. The van der Waals surface area contributed by atoms with Crippen molar-refractivity contribution in [3.05, 3.63) is 54.1 Å². The SMILES string of the molecule is CS(=O)(=O)c1ccc(-c2ccc(C(=O)NCC[C@H]3CCCN3)cc2)cc1.Cl. The summed E-state index contributed by atoms with van der Waals surface area (Å²) in [5.41, 5.74) is 2.48. The number of carbonyl (C=O) groups is 1. The molecule has 7 heteroatoms. The third kappa shape index (κ3) is 5.79. The topological polar surface area (TPSA) is 75.3 Å². The molecule has 3 rings (SSSR count). The summed E-state index contributed by atoms with van der Waals surface area (Å²) in [7, 11) is -3.19. The Balaban J connectivity index is 0.00000261. The molecular weight excluding hydrogens is 384 g/mol. The van der Waals surface area contributed by atoms with Crippen LogP contribution in [-0.2, 0) is 9.84 Å². The quantitative estimate of drug-likeness (QED) is 0.770. The van der Waals surface area contributed by atoms with E-state index in [1.807, 2.05) is 12.1 Å². The van der Waals surface area contributed by atoms with Gasteiger partial charge >= 0.3 is 0 Å². The van der Waals surface area contributed by atoms with Gasteiger partial charge in [0.05, 0.1) is 4.90 Å². The van der Waals surface area contributed by atoms with Crippen molar-refractivity contribution in [2.24, 2.45) is 0 Å². The summed E-state index contributed by atoms with van der Waals surface area (Å²) in [6.07, 6.45) is 4.54. The van der Waals surface area contributed by atoms with E-state index in [1.165, 1.54) is 19.1 Å². The molecule has 0 aromatic heterocycles. The molecule has 0 bridgehead atoms. The lowest BCUT2D eigenvalue weighted by Gasteiger charge is -2.11. The number of rotatable bonds is 6. The second-order valence-electron chi connectivity index (χ2n) is 6.71. The van der Waals surface area contributed by atoms with Crippen molar-refractivity contribution in [3.63, 3.8) is 0 Å². The Labute approximate surface area is 166 Å². The third-order valence-corrected chi connectivity index (χ3v) is 5.83. The zero-order chi connectivity index (χ0) is 18.6. The molecular formula is C20H25ClN2O3S. The van der Waals surface area contributed by atoms with Crippen LogP contribution in [0.3, 0.4) is 0 Å². The van der Waals surface area contributed by atoms with Crippen LogP contribution in [-0.4, -0.2) is 39.7 Å². The summed E-state index contributed by atoms with van der Waals surface area (Å²) in [6.45, 7) is 1.75. The van der Waals surface area contributed by atoms with E-state index < -0.39 is 9.84 Å². The maximum absolute atomic E-state index is 12.2. The van der Waals surface area contributed by atoms with Gasteiger partial charge in [0.2, 0.25) is 0 Å². The number of hydrogen-bond acceptors (Lipinski definition) is 4. The zero-order valence-corrected chi connectivity index (χ0v) is 16.9. The lowest BCUT2D eigenvalue weighted by Crippen LogP contribution is -2.30. The minimum Gasteiger partial charge on any atom is -0.352 e. The van der Waals surface area contributed by atoms with Crippen molar-refractivity contribution in [1.82, 2.24) is 10.6 Å². The van der Waals surface area contributed by atoms with E-state index in [4.69, 9.17) is 0 Å². The fraction of sp³-hybridized carbons (Fsp3) is 0.350. The Morgan fingerprint density at radius 2 is 1.67 bits per heavy atom. The molecule has 1 saturated heterocycles. The predicted molar refractivity (Wildman–Crippen MR) is 110 cm³/mol. The largest absolute Gasteiger partial charge is 0.352 e. The van der Waals surface area contributed by atoms with E-state index in [1.54, 1.807) is 36.4 Å². The first-order valence-electron chi connectivity index (χ1n) is 8.85. The highest BCUT2D eigenvalue weighted by Gasteiger charge is 2.14. The Hall–Kier alpha value is -1.89. The monoisotopic (exact) mass is 408 g/mol. The van der Waals surface area contributed by atoms with E-state index in [0.29, 0.717) is 23.0 Å². The van der Waals surface area contributed by atoms with Crippen molar-refractivity contribution >= 4 is 28.2 Å². The third-order valence-electron chi connectivity index (χ3n) is 4.70. The lowest BCUT2D eigenvalue weighted by atomic mass is 10.0. The van der Waals surface area contributed by atoms with Crippen LogP contribution in [0.1, 0.15) is 29.6 Å². The van der Waals surface area contributed by atoms with Gasteiger partial charge in [0.1, 0.15) is 0 Å². The smallest absolute Gasteiger partial charge is 0.251 e. The van der Waals surface area contributed by atoms with E-state index in [9.17, 15) is 13.2 Å². The molecule has 5 nitrogen and oxygen atoms in total. The van der Waals surface area contributed by atoms with Crippen molar-refractivity contribution < 1.29 is 13.2 Å². The van der Waals surface area contributed by atoms with Gasteiger partial charge < -0.3 is 10.6 Å². The molecule has 1 fully saturated rings. The Bertz CT molecular complexity index is 859.